The van der Waals surface area contributed by atoms with Crippen molar-refractivity contribution >= 4 is 11.6 Å². The third-order valence-electron chi connectivity index (χ3n) is 4.65. The van der Waals surface area contributed by atoms with E-state index in [0.717, 1.165) is 34.5 Å². The molecule has 4 aromatic rings. The maximum atomic E-state index is 6.28. The van der Waals surface area contributed by atoms with Gasteiger partial charge in [0.1, 0.15) is 0 Å². The quantitative estimate of drug-likeness (QED) is 0.374. The molecule has 0 spiro atoms. The van der Waals surface area contributed by atoms with E-state index in [1.54, 1.807) is 0 Å². The molecule has 1 aromatic heterocycles. The van der Waals surface area contributed by atoms with Gasteiger partial charge in [-0.2, -0.15) is 0 Å². The van der Waals surface area contributed by atoms with Crippen molar-refractivity contribution in [2.45, 2.75) is 13.3 Å². The van der Waals surface area contributed by atoms with Crippen molar-refractivity contribution < 1.29 is 0 Å². The summed E-state index contributed by atoms with van der Waals surface area (Å²) >= 11 is 6.28. The summed E-state index contributed by atoms with van der Waals surface area (Å²) in [6.07, 6.45) is 0.831. The maximum Gasteiger partial charge on any atom is 0.223 e. The average Bonchev–Trinajstić information content (AvgIpc) is 2.74. The first kappa shape index (κ1) is 17.4. The van der Waals surface area contributed by atoms with Crippen LogP contribution in [0, 0.1) is 0 Å². The lowest BCUT2D eigenvalue weighted by molar-refractivity contribution is 1.06. The monoisotopic (exact) mass is 370 g/mol. The van der Waals surface area contributed by atoms with Crippen LogP contribution < -0.4 is 0 Å². The Kier molecular flexibility index (Phi) is 4.99. The summed E-state index contributed by atoms with van der Waals surface area (Å²) in [6.45, 7) is 2.13. The van der Waals surface area contributed by atoms with E-state index in [2.05, 4.69) is 77.6 Å². The molecule has 2 nitrogen and oxygen atoms in total. The van der Waals surface area contributed by atoms with Gasteiger partial charge in [-0.25, -0.2) is 9.97 Å². The molecular weight excluding hydrogens is 352 g/mol. The highest BCUT2D eigenvalue weighted by molar-refractivity contribution is 6.28. The largest absolute Gasteiger partial charge is 0.223 e. The Bertz CT molecular complexity index is 1040. The second kappa shape index (κ2) is 7.73. The van der Waals surface area contributed by atoms with E-state index in [1.165, 1.54) is 11.1 Å². The number of rotatable bonds is 4. The zero-order chi connectivity index (χ0) is 18.6. The summed E-state index contributed by atoms with van der Waals surface area (Å²) in [5, 5.41) is 0.271. The Morgan fingerprint density at radius 1 is 0.593 bits per heavy atom. The van der Waals surface area contributed by atoms with Crippen LogP contribution in [0.4, 0.5) is 0 Å². The van der Waals surface area contributed by atoms with Gasteiger partial charge in [0.15, 0.2) is 0 Å². The first-order valence-electron chi connectivity index (χ1n) is 9.04. The van der Waals surface area contributed by atoms with Gasteiger partial charge >= 0.3 is 0 Å². The molecule has 0 aliphatic rings. The minimum Gasteiger partial charge on any atom is -0.218 e. The summed E-state index contributed by atoms with van der Waals surface area (Å²) in [7, 11) is 0. The van der Waals surface area contributed by atoms with Crippen molar-refractivity contribution in [2.75, 3.05) is 0 Å². The van der Waals surface area contributed by atoms with E-state index < -0.39 is 0 Å². The predicted molar refractivity (Wildman–Crippen MR) is 113 cm³/mol. The van der Waals surface area contributed by atoms with Crippen LogP contribution in [0.2, 0.25) is 5.28 Å². The number of nitrogens with zero attached hydrogens (tertiary/aromatic N) is 2. The summed E-state index contributed by atoms with van der Waals surface area (Å²) in [6, 6.07) is 29.0. The Morgan fingerprint density at radius 2 is 1.00 bits per heavy atom. The van der Waals surface area contributed by atoms with E-state index in [0.29, 0.717) is 0 Å². The van der Waals surface area contributed by atoms with Crippen LogP contribution in [0.15, 0.2) is 84.9 Å². The highest BCUT2D eigenvalue weighted by Crippen LogP contribution is 2.32. The third kappa shape index (κ3) is 3.62. The smallest absolute Gasteiger partial charge is 0.218 e. The molecule has 0 fully saturated rings. The van der Waals surface area contributed by atoms with Crippen molar-refractivity contribution in [1.82, 2.24) is 9.97 Å². The molecular formula is C24H19ClN2. The summed E-state index contributed by atoms with van der Waals surface area (Å²) in [4.78, 5) is 9.08. The van der Waals surface area contributed by atoms with Crippen molar-refractivity contribution in [3.05, 3.63) is 95.8 Å². The van der Waals surface area contributed by atoms with Crippen LogP contribution in [0.5, 0.6) is 0 Å². The Hall–Kier alpha value is -2.97. The van der Waals surface area contributed by atoms with Gasteiger partial charge in [-0.05, 0) is 29.1 Å². The standard InChI is InChI=1S/C24H19ClN2/c1-2-21-22(19-11-7-4-8-12-19)26-24(25)27-23(21)20-15-13-18(14-16-20)17-9-5-3-6-10-17/h3-16H,2H2,1H3. The van der Waals surface area contributed by atoms with Gasteiger partial charge in [0.05, 0.1) is 11.4 Å². The molecule has 0 N–H and O–H groups in total. The van der Waals surface area contributed by atoms with Gasteiger partial charge in [0.2, 0.25) is 5.28 Å². The van der Waals surface area contributed by atoms with Crippen molar-refractivity contribution in [2.24, 2.45) is 0 Å². The molecule has 0 saturated carbocycles. The number of halogens is 1. The summed E-state index contributed by atoms with van der Waals surface area (Å²) < 4.78 is 0. The summed E-state index contributed by atoms with van der Waals surface area (Å²) in [5.41, 5.74) is 7.40. The Morgan fingerprint density at radius 3 is 1.52 bits per heavy atom. The molecule has 3 aromatic carbocycles. The topological polar surface area (TPSA) is 25.8 Å². The van der Waals surface area contributed by atoms with Gasteiger partial charge in [0, 0.05) is 16.7 Å². The molecule has 0 aliphatic carbocycles. The Balaban J connectivity index is 1.81. The highest BCUT2D eigenvalue weighted by Gasteiger charge is 2.15. The van der Waals surface area contributed by atoms with E-state index in [4.69, 9.17) is 11.6 Å². The summed E-state index contributed by atoms with van der Waals surface area (Å²) in [5.74, 6) is 0. The molecule has 0 aliphatic heterocycles. The van der Waals surface area contributed by atoms with E-state index >= 15 is 0 Å². The number of hydrogen-bond acceptors (Lipinski definition) is 2. The van der Waals surface area contributed by atoms with Crippen LogP contribution in [0.3, 0.4) is 0 Å². The first-order valence-corrected chi connectivity index (χ1v) is 9.41. The molecule has 0 amide bonds. The molecule has 4 rings (SSSR count). The van der Waals surface area contributed by atoms with Crippen LogP contribution in [-0.4, -0.2) is 9.97 Å². The van der Waals surface area contributed by atoms with Crippen LogP contribution in [-0.2, 0) is 6.42 Å². The zero-order valence-electron chi connectivity index (χ0n) is 15.1. The molecule has 0 bridgehead atoms. The minimum atomic E-state index is 0.271. The van der Waals surface area contributed by atoms with Crippen LogP contribution in [0.25, 0.3) is 33.6 Å². The van der Waals surface area contributed by atoms with Crippen LogP contribution in [0.1, 0.15) is 12.5 Å². The zero-order valence-corrected chi connectivity index (χ0v) is 15.8. The fourth-order valence-electron chi connectivity index (χ4n) is 3.32. The third-order valence-corrected chi connectivity index (χ3v) is 4.82. The first-order chi connectivity index (χ1) is 13.3. The van der Waals surface area contributed by atoms with Gasteiger partial charge in [0.25, 0.3) is 0 Å². The lowest BCUT2D eigenvalue weighted by Gasteiger charge is -2.13. The second-order valence-corrected chi connectivity index (χ2v) is 6.67. The Labute approximate surface area is 164 Å². The van der Waals surface area contributed by atoms with Crippen molar-refractivity contribution in [3.63, 3.8) is 0 Å². The van der Waals surface area contributed by atoms with E-state index in [1.807, 2.05) is 24.3 Å². The fraction of sp³-hybridized carbons (Fsp3) is 0.0833. The maximum absolute atomic E-state index is 6.28. The van der Waals surface area contributed by atoms with Gasteiger partial charge in [-0.15, -0.1) is 0 Å². The predicted octanol–water partition coefficient (Wildman–Crippen LogP) is 6.69. The SMILES string of the molecule is CCc1c(-c2ccccc2)nc(Cl)nc1-c1ccc(-c2ccccc2)cc1. The number of benzene rings is 3. The molecule has 3 heteroatoms. The minimum absolute atomic E-state index is 0.271. The van der Waals surface area contributed by atoms with Gasteiger partial charge in [-0.1, -0.05) is 91.9 Å². The van der Waals surface area contributed by atoms with Crippen molar-refractivity contribution in [3.8, 4) is 33.6 Å². The van der Waals surface area contributed by atoms with E-state index in [9.17, 15) is 0 Å². The lowest BCUT2D eigenvalue weighted by Crippen LogP contribution is -2.00. The second-order valence-electron chi connectivity index (χ2n) is 6.33. The number of aromatic nitrogens is 2. The molecule has 0 atom stereocenters. The molecule has 132 valence electrons. The van der Waals surface area contributed by atoms with Gasteiger partial charge in [-0.3, -0.25) is 0 Å². The van der Waals surface area contributed by atoms with Crippen LogP contribution >= 0.6 is 11.6 Å². The van der Waals surface area contributed by atoms with Gasteiger partial charge < -0.3 is 0 Å². The molecule has 0 unspecified atom stereocenters. The normalized spacial score (nSPS) is 10.7. The molecule has 0 radical (unpaired) electrons. The van der Waals surface area contributed by atoms with E-state index in [-0.39, 0.29) is 5.28 Å². The molecule has 0 saturated heterocycles. The van der Waals surface area contributed by atoms with Crippen molar-refractivity contribution in [1.29, 1.82) is 0 Å². The average molecular weight is 371 g/mol. The molecule has 27 heavy (non-hydrogen) atoms. The number of hydrogen-bond donors (Lipinski definition) is 0. The molecule has 1 heterocycles. The fourth-order valence-corrected chi connectivity index (χ4v) is 3.49. The lowest BCUT2D eigenvalue weighted by atomic mass is 9.97. The highest BCUT2D eigenvalue weighted by atomic mass is 35.5.